The van der Waals surface area contributed by atoms with Gasteiger partial charge < -0.3 is 10.4 Å². The molecule has 0 aliphatic heterocycles. The fourth-order valence-corrected chi connectivity index (χ4v) is 2.48. The van der Waals surface area contributed by atoms with Crippen LogP contribution in [0.2, 0.25) is 0 Å². The normalized spacial score (nSPS) is 10.9. The van der Waals surface area contributed by atoms with Crippen LogP contribution in [0.4, 0.5) is 0 Å². The number of hydrogen-bond acceptors (Lipinski definition) is 2. The van der Waals surface area contributed by atoms with Crippen LogP contribution in [0.5, 0.6) is 0 Å². The number of rotatable bonds is 8. The van der Waals surface area contributed by atoms with E-state index in [9.17, 15) is 4.79 Å². The van der Waals surface area contributed by atoms with E-state index in [2.05, 4.69) is 43.4 Å². The summed E-state index contributed by atoms with van der Waals surface area (Å²) in [7, 11) is 0. The van der Waals surface area contributed by atoms with E-state index in [1.165, 1.54) is 11.1 Å². The van der Waals surface area contributed by atoms with Gasteiger partial charge in [-0.2, -0.15) is 0 Å². The maximum absolute atomic E-state index is 10.8. The van der Waals surface area contributed by atoms with Gasteiger partial charge in [0, 0.05) is 6.54 Å². The molecular weight excluding hydrogens is 286 g/mol. The Labute approximate surface area is 138 Å². The predicted molar refractivity (Wildman–Crippen MR) is 94.0 cm³/mol. The van der Waals surface area contributed by atoms with E-state index >= 15 is 0 Å². The van der Waals surface area contributed by atoms with Crippen LogP contribution in [0.3, 0.4) is 0 Å². The van der Waals surface area contributed by atoms with Crippen LogP contribution in [0.1, 0.15) is 53.2 Å². The lowest BCUT2D eigenvalue weighted by Crippen LogP contribution is -2.15. The molecule has 2 aromatic carbocycles. The molecule has 2 rings (SSSR count). The Hall–Kier alpha value is -2.13. The van der Waals surface area contributed by atoms with Gasteiger partial charge in [0.2, 0.25) is 0 Å². The first kappa shape index (κ1) is 17.2. The standard InChI is InChI=1S/C20H25NO2/c1-15(2)18-9-5-16(6-10-18)4-3-13-21-14-17-7-11-19(12-8-17)20(22)23/h5-12,15,21H,3-4,13-14H2,1-2H3,(H,22,23). The number of aromatic carboxylic acids is 1. The predicted octanol–water partition coefficient (Wildman–Crippen LogP) is 4.23. The molecule has 0 saturated heterocycles. The lowest BCUT2D eigenvalue weighted by Gasteiger charge is -2.08. The lowest BCUT2D eigenvalue weighted by molar-refractivity contribution is 0.0697. The molecule has 23 heavy (non-hydrogen) atoms. The fourth-order valence-electron chi connectivity index (χ4n) is 2.48. The van der Waals surface area contributed by atoms with Crippen LogP contribution in [0, 0.1) is 0 Å². The molecule has 122 valence electrons. The van der Waals surface area contributed by atoms with E-state index in [-0.39, 0.29) is 0 Å². The van der Waals surface area contributed by atoms with Gasteiger partial charge in [0.1, 0.15) is 0 Å². The smallest absolute Gasteiger partial charge is 0.335 e. The second-order valence-electron chi connectivity index (χ2n) is 6.18. The second kappa shape index (κ2) is 8.49. The third-order valence-corrected chi connectivity index (χ3v) is 4.00. The van der Waals surface area contributed by atoms with E-state index in [0.29, 0.717) is 11.5 Å². The zero-order valence-corrected chi connectivity index (χ0v) is 13.9. The molecule has 2 aromatic rings. The number of hydrogen-bond donors (Lipinski definition) is 2. The average Bonchev–Trinajstić information content (AvgIpc) is 2.55. The number of aryl methyl sites for hydroxylation is 1. The quantitative estimate of drug-likeness (QED) is 0.717. The molecule has 0 aliphatic carbocycles. The van der Waals surface area contributed by atoms with Crippen molar-refractivity contribution in [2.75, 3.05) is 6.54 Å². The lowest BCUT2D eigenvalue weighted by atomic mass is 10.0. The zero-order chi connectivity index (χ0) is 16.7. The Morgan fingerprint density at radius 2 is 1.61 bits per heavy atom. The van der Waals surface area contributed by atoms with Crippen LogP contribution in [-0.2, 0) is 13.0 Å². The van der Waals surface area contributed by atoms with Crippen molar-refractivity contribution in [3.8, 4) is 0 Å². The first-order chi connectivity index (χ1) is 11.1. The highest BCUT2D eigenvalue weighted by atomic mass is 16.4. The molecule has 0 atom stereocenters. The SMILES string of the molecule is CC(C)c1ccc(CCCNCc2ccc(C(=O)O)cc2)cc1. The van der Waals surface area contributed by atoms with Gasteiger partial charge in [-0.25, -0.2) is 4.79 Å². The summed E-state index contributed by atoms with van der Waals surface area (Å²) in [6.45, 7) is 6.14. The van der Waals surface area contributed by atoms with Gasteiger partial charge in [0.05, 0.1) is 5.56 Å². The molecule has 0 aliphatic rings. The highest BCUT2D eigenvalue weighted by molar-refractivity contribution is 5.87. The van der Waals surface area contributed by atoms with E-state index in [1.807, 2.05) is 12.1 Å². The maximum atomic E-state index is 10.8. The molecule has 0 bridgehead atoms. The van der Waals surface area contributed by atoms with Crippen LogP contribution in [-0.4, -0.2) is 17.6 Å². The van der Waals surface area contributed by atoms with E-state index in [1.54, 1.807) is 12.1 Å². The van der Waals surface area contributed by atoms with Crippen molar-refractivity contribution in [3.63, 3.8) is 0 Å². The Morgan fingerprint density at radius 1 is 1.00 bits per heavy atom. The van der Waals surface area contributed by atoms with E-state index in [0.717, 1.165) is 31.5 Å². The first-order valence-electron chi connectivity index (χ1n) is 8.18. The summed E-state index contributed by atoms with van der Waals surface area (Å²) in [5, 5.41) is 12.3. The number of nitrogens with one attached hydrogen (secondary N) is 1. The molecule has 2 N–H and O–H groups in total. The van der Waals surface area contributed by atoms with Crippen LogP contribution in [0.25, 0.3) is 0 Å². The molecule has 0 saturated carbocycles. The van der Waals surface area contributed by atoms with Crippen LogP contribution >= 0.6 is 0 Å². The summed E-state index contributed by atoms with van der Waals surface area (Å²) in [6, 6.07) is 15.9. The maximum Gasteiger partial charge on any atom is 0.335 e. The number of benzene rings is 2. The minimum atomic E-state index is -0.881. The summed E-state index contributed by atoms with van der Waals surface area (Å²) in [6.07, 6.45) is 2.16. The minimum absolute atomic E-state index is 0.332. The summed E-state index contributed by atoms with van der Waals surface area (Å²) < 4.78 is 0. The fraction of sp³-hybridized carbons (Fsp3) is 0.350. The molecule has 0 unspecified atom stereocenters. The highest BCUT2D eigenvalue weighted by Crippen LogP contribution is 2.15. The van der Waals surface area contributed by atoms with Crippen LogP contribution < -0.4 is 5.32 Å². The zero-order valence-electron chi connectivity index (χ0n) is 13.9. The van der Waals surface area contributed by atoms with Crippen molar-refractivity contribution in [1.29, 1.82) is 0 Å². The van der Waals surface area contributed by atoms with Crippen molar-refractivity contribution >= 4 is 5.97 Å². The van der Waals surface area contributed by atoms with Gasteiger partial charge in [0.25, 0.3) is 0 Å². The molecule has 0 amide bonds. The summed E-state index contributed by atoms with van der Waals surface area (Å²) in [5.74, 6) is -0.300. The summed E-state index contributed by atoms with van der Waals surface area (Å²) >= 11 is 0. The van der Waals surface area contributed by atoms with Crippen molar-refractivity contribution in [2.24, 2.45) is 0 Å². The molecule has 0 heterocycles. The number of carboxylic acid groups (broad SMARTS) is 1. The number of carbonyl (C=O) groups is 1. The van der Waals surface area contributed by atoms with Crippen molar-refractivity contribution in [1.82, 2.24) is 5.32 Å². The van der Waals surface area contributed by atoms with Gasteiger partial charge in [0.15, 0.2) is 0 Å². The molecule has 0 aromatic heterocycles. The summed E-state index contributed by atoms with van der Waals surface area (Å²) in [4.78, 5) is 10.8. The largest absolute Gasteiger partial charge is 0.478 e. The van der Waals surface area contributed by atoms with Gasteiger partial charge in [-0.15, -0.1) is 0 Å². The second-order valence-corrected chi connectivity index (χ2v) is 6.18. The van der Waals surface area contributed by atoms with Crippen LogP contribution in [0.15, 0.2) is 48.5 Å². The van der Waals surface area contributed by atoms with Gasteiger partial charge >= 0.3 is 5.97 Å². The van der Waals surface area contributed by atoms with Gasteiger partial charge in [-0.3, -0.25) is 0 Å². The molecule has 0 radical (unpaired) electrons. The summed E-state index contributed by atoms with van der Waals surface area (Å²) in [5.41, 5.74) is 4.20. The Balaban J connectivity index is 1.68. The molecule has 3 heteroatoms. The Bertz CT molecular complexity index is 615. The molecule has 0 spiro atoms. The first-order valence-corrected chi connectivity index (χ1v) is 8.18. The third-order valence-electron chi connectivity index (χ3n) is 4.00. The average molecular weight is 311 g/mol. The van der Waals surface area contributed by atoms with Crippen molar-refractivity contribution in [3.05, 3.63) is 70.8 Å². The Morgan fingerprint density at radius 3 is 2.17 bits per heavy atom. The molecule has 3 nitrogen and oxygen atoms in total. The number of carboxylic acids is 1. The Kier molecular flexibility index (Phi) is 6.36. The highest BCUT2D eigenvalue weighted by Gasteiger charge is 2.02. The molecular formula is C20H25NO2. The minimum Gasteiger partial charge on any atom is -0.478 e. The van der Waals surface area contributed by atoms with Gasteiger partial charge in [-0.1, -0.05) is 50.2 Å². The van der Waals surface area contributed by atoms with Gasteiger partial charge in [-0.05, 0) is 54.1 Å². The molecule has 0 fully saturated rings. The van der Waals surface area contributed by atoms with E-state index in [4.69, 9.17) is 5.11 Å². The van der Waals surface area contributed by atoms with Crippen molar-refractivity contribution < 1.29 is 9.90 Å². The monoisotopic (exact) mass is 311 g/mol. The van der Waals surface area contributed by atoms with Crippen molar-refractivity contribution in [2.45, 2.75) is 39.2 Å². The van der Waals surface area contributed by atoms with E-state index < -0.39 is 5.97 Å². The third kappa shape index (κ3) is 5.53. The topological polar surface area (TPSA) is 49.3 Å².